The van der Waals surface area contributed by atoms with Crippen LogP contribution in [0.1, 0.15) is 6.92 Å². The Balaban J connectivity index is 2.16. The van der Waals surface area contributed by atoms with Crippen molar-refractivity contribution in [3.05, 3.63) is 0 Å². The summed E-state index contributed by atoms with van der Waals surface area (Å²) in [7, 11) is 0. The van der Waals surface area contributed by atoms with Gasteiger partial charge in [-0.1, -0.05) is 0 Å². The van der Waals surface area contributed by atoms with Crippen LogP contribution in [0.5, 0.6) is 0 Å². The molecule has 1 fully saturated rings. The maximum Gasteiger partial charge on any atom is 0.112 e. The van der Waals surface area contributed by atoms with Gasteiger partial charge in [0.2, 0.25) is 0 Å². The summed E-state index contributed by atoms with van der Waals surface area (Å²) < 4.78 is 4.83. The minimum atomic E-state index is -0.438. The molecule has 3 heteroatoms. The fraction of sp³-hybridized carbons (Fsp3) is 1.00. The summed E-state index contributed by atoms with van der Waals surface area (Å²) in [6.07, 6.45) is -0.651. The lowest BCUT2D eigenvalue weighted by molar-refractivity contribution is 0.152. The number of aliphatic hydroxyl groups excluding tert-OH is 2. The van der Waals surface area contributed by atoms with Crippen molar-refractivity contribution in [2.24, 2.45) is 0 Å². The Morgan fingerprint density at radius 1 is 1.75 bits per heavy atom. The molecule has 0 aromatic carbocycles. The number of epoxide rings is 1. The highest BCUT2D eigenvalue weighted by Gasteiger charge is 2.41. The van der Waals surface area contributed by atoms with Gasteiger partial charge in [-0.05, 0) is 6.92 Å². The normalized spacial score (nSPS) is 39.4. The van der Waals surface area contributed by atoms with E-state index in [1.807, 2.05) is 0 Å². The van der Waals surface area contributed by atoms with Gasteiger partial charge >= 0.3 is 0 Å². The second kappa shape index (κ2) is 2.01. The minimum Gasteiger partial charge on any atom is -0.394 e. The average Bonchev–Trinajstić information content (AvgIpc) is 2.42. The molecular weight excluding hydrogens is 108 g/mol. The van der Waals surface area contributed by atoms with Crippen molar-refractivity contribution < 1.29 is 14.9 Å². The predicted molar refractivity (Wildman–Crippen MR) is 27.4 cm³/mol. The van der Waals surface area contributed by atoms with Crippen molar-refractivity contribution in [1.29, 1.82) is 0 Å². The molecule has 1 aliphatic rings. The summed E-state index contributed by atoms with van der Waals surface area (Å²) in [5, 5.41) is 17.1. The molecule has 3 nitrogen and oxygen atoms in total. The van der Waals surface area contributed by atoms with Crippen LogP contribution < -0.4 is 0 Å². The SMILES string of the molecule is CC(O)C1OC1CO. The Morgan fingerprint density at radius 2 is 2.38 bits per heavy atom. The molecule has 1 aliphatic heterocycles. The second-order valence-corrected chi connectivity index (χ2v) is 2.06. The van der Waals surface area contributed by atoms with Crippen molar-refractivity contribution in [3.63, 3.8) is 0 Å². The second-order valence-electron chi connectivity index (χ2n) is 2.06. The molecule has 0 spiro atoms. The van der Waals surface area contributed by atoms with E-state index in [4.69, 9.17) is 14.9 Å². The Hall–Kier alpha value is -0.120. The Kier molecular flexibility index (Phi) is 1.51. The highest BCUT2D eigenvalue weighted by atomic mass is 16.6. The summed E-state index contributed by atoms with van der Waals surface area (Å²) in [5.41, 5.74) is 0. The Morgan fingerprint density at radius 3 is 2.50 bits per heavy atom. The van der Waals surface area contributed by atoms with Gasteiger partial charge in [0.1, 0.15) is 12.2 Å². The molecule has 0 bridgehead atoms. The number of hydrogen-bond acceptors (Lipinski definition) is 3. The van der Waals surface area contributed by atoms with Crippen LogP contribution in [0.4, 0.5) is 0 Å². The van der Waals surface area contributed by atoms with E-state index in [0.717, 1.165) is 0 Å². The maximum atomic E-state index is 8.76. The Labute approximate surface area is 47.9 Å². The van der Waals surface area contributed by atoms with Crippen molar-refractivity contribution in [1.82, 2.24) is 0 Å². The van der Waals surface area contributed by atoms with Crippen LogP contribution in [0, 0.1) is 0 Å². The molecule has 1 heterocycles. The van der Waals surface area contributed by atoms with Crippen molar-refractivity contribution >= 4 is 0 Å². The van der Waals surface area contributed by atoms with E-state index in [1.165, 1.54) is 0 Å². The molecule has 1 saturated heterocycles. The summed E-state index contributed by atoms with van der Waals surface area (Å²) in [6.45, 7) is 1.68. The first-order chi connectivity index (χ1) is 3.75. The van der Waals surface area contributed by atoms with Gasteiger partial charge in [-0.2, -0.15) is 0 Å². The zero-order valence-corrected chi connectivity index (χ0v) is 4.74. The van der Waals surface area contributed by atoms with Gasteiger partial charge in [0, 0.05) is 0 Å². The molecule has 3 atom stereocenters. The van der Waals surface area contributed by atoms with Crippen LogP contribution in [-0.4, -0.2) is 35.1 Å². The molecule has 8 heavy (non-hydrogen) atoms. The van der Waals surface area contributed by atoms with Gasteiger partial charge in [0.05, 0.1) is 12.7 Å². The zero-order valence-electron chi connectivity index (χ0n) is 4.74. The third-order valence-electron chi connectivity index (χ3n) is 1.28. The van der Waals surface area contributed by atoms with E-state index < -0.39 is 6.10 Å². The van der Waals surface area contributed by atoms with Crippen LogP contribution in [0.25, 0.3) is 0 Å². The summed E-state index contributed by atoms with van der Waals surface area (Å²) >= 11 is 0. The number of aliphatic hydroxyl groups is 2. The Bertz CT molecular complexity index is 81.7. The van der Waals surface area contributed by atoms with Crippen LogP contribution >= 0.6 is 0 Å². The van der Waals surface area contributed by atoms with E-state index in [0.29, 0.717) is 0 Å². The standard InChI is InChI=1S/C5H10O3/c1-3(7)5-4(2-6)8-5/h3-7H,2H2,1H3. The first kappa shape index (κ1) is 6.01. The zero-order chi connectivity index (χ0) is 6.15. The first-order valence-corrected chi connectivity index (χ1v) is 2.70. The highest BCUT2D eigenvalue weighted by Crippen LogP contribution is 2.23. The third kappa shape index (κ3) is 0.992. The molecule has 0 saturated carbocycles. The first-order valence-electron chi connectivity index (χ1n) is 2.70. The largest absolute Gasteiger partial charge is 0.394 e. The third-order valence-corrected chi connectivity index (χ3v) is 1.28. The maximum absolute atomic E-state index is 8.76. The van der Waals surface area contributed by atoms with E-state index >= 15 is 0 Å². The lowest BCUT2D eigenvalue weighted by Crippen LogP contribution is -2.13. The van der Waals surface area contributed by atoms with Crippen molar-refractivity contribution in [3.8, 4) is 0 Å². The molecular formula is C5H10O3. The van der Waals surface area contributed by atoms with E-state index in [9.17, 15) is 0 Å². The van der Waals surface area contributed by atoms with Gasteiger partial charge in [-0.15, -0.1) is 0 Å². The van der Waals surface area contributed by atoms with Gasteiger partial charge in [-0.25, -0.2) is 0 Å². The van der Waals surface area contributed by atoms with Crippen LogP contribution in [0.3, 0.4) is 0 Å². The lowest BCUT2D eigenvalue weighted by Gasteiger charge is -1.93. The molecule has 48 valence electrons. The van der Waals surface area contributed by atoms with E-state index in [1.54, 1.807) is 6.92 Å². The fourth-order valence-corrected chi connectivity index (χ4v) is 0.728. The number of ether oxygens (including phenoxy) is 1. The minimum absolute atomic E-state index is 0.0234. The van der Waals surface area contributed by atoms with Gasteiger partial charge < -0.3 is 14.9 Å². The monoisotopic (exact) mass is 118 g/mol. The molecule has 3 unspecified atom stereocenters. The summed E-state index contributed by atoms with van der Waals surface area (Å²) in [4.78, 5) is 0. The lowest BCUT2D eigenvalue weighted by atomic mass is 10.2. The molecule has 0 aromatic rings. The quantitative estimate of drug-likeness (QED) is 0.463. The summed E-state index contributed by atoms with van der Waals surface area (Å²) in [5.74, 6) is 0. The molecule has 0 radical (unpaired) electrons. The van der Waals surface area contributed by atoms with Gasteiger partial charge in [-0.3, -0.25) is 0 Å². The topological polar surface area (TPSA) is 53.0 Å². The van der Waals surface area contributed by atoms with E-state index in [-0.39, 0.29) is 18.8 Å². The average molecular weight is 118 g/mol. The smallest absolute Gasteiger partial charge is 0.112 e. The van der Waals surface area contributed by atoms with Crippen molar-refractivity contribution in [2.75, 3.05) is 6.61 Å². The van der Waals surface area contributed by atoms with Gasteiger partial charge in [0.15, 0.2) is 0 Å². The molecule has 0 amide bonds. The van der Waals surface area contributed by atoms with Crippen LogP contribution in [0.15, 0.2) is 0 Å². The van der Waals surface area contributed by atoms with Crippen molar-refractivity contribution in [2.45, 2.75) is 25.2 Å². The predicted octanol–water partition coefficient (Wildman–Crippen LogP) is -0.873. The number of rotatable bonds is 2. The summed E-state index contributed by atoms with van der Waals surface area (Å²) in [6, 6.07) is 0. The van der Waals surface area contributed by atoms with E-state index in [2.05, 4.69) is 0 Å². The van der Waals surface area contributed by atoms with Crippen LogP contribution in [-0.2, 0) is 4.74 Å². The van der Waals surface area contributed by atoms with Crippen LogP contribution in [0.2, 0.25) is 0 Å². The molecule has 0 aromatic heterocycles. The number of hydrogen-bond donors (Lipinski definition) is 2. The van der Waals surface area contributed by atoms with Gasteiger partial charge in [0.25, 0.3) is 0 Å². The molecule has 2 N–H and O–H groups in total. The fourth-order valence-electron chi connectivity index (χ4n) is 0.728. The highest BCUT2D eigenvalue weighted by molar-refractivity contribution is 4.87. The molecule has 1 rings (SSSR count). The molecule has 0 aliphatic carbocycles.